The summed E-state index contributed by atoms with van der Waals surface area (Å²) in [4.78, 5) is 7.13. The van der Waals surface area contributed by atoms with Crippen LogP contribution in [0.2, 0.25) is 0 Å². The van der Waals surface area contributed by atoms with E-state index in [9.17, 15) is 0 Å². The van der Waals surface area contributed by atoms with Crippen LogP contribution < -0.4 is 10.3 Å². The fraction of sp³-hybridized carbons (Fsp3) is 0.113. The van der Waals surface area contributed by atoms with E-state index in [1.54, 1.807) is 0 Å². The molecule has 1 radical (unpaired) electrons. The Bertz CT molecular complexity index is 6510. The van der Waals surface area contributed by atoms with Crippen LogP contribution in [0, 0.1) is 13.0 Å². The number of aromatic nitrogens is 5. The minimum atomic E-state index is -0.0387. The molecular weight excluding hydrogens is 1640 g/mol. The molecule has 2 aliphatic rings. The maximum absolute atomic E-state index is 4.86. The molecule has 5 aromatic heterocycles. The van der Waals surface area contributed by atoms with Gasteiger partial charge < -0.3 is 23.2 Å². The first kappa shape index (κ1) is 77.3. The monoisotopic (exact) mass is 1730 g/mol. The third-order valence-electron chi connectivity index (χ3n) is 22.5. The molecule has 14 aromatic carbocycles. The first-order valence-corrected chi connectivity index (χ1v) is 44.1. The second-order valence-electron chi connectivity index (χ2n) is 30.9. The summed E-state index contributed by atoms with van der Waals surface area (Å²) < 4.78 is 9.46. The summed E-state index contributed by atoms with van der Waals surface area (Å²) in [6, 6.07) is 122. The molecule has 2 unspecified atom stereocenters. The van der Waals surface area contributed by atoms with E-state index in [4.69, 9.17) is 10.1 Å². The van der Waals surface area contributed by atoms with Crippen molar-refractivity contribution in [3.63, 3.8) is 0 Å². The second kappa shape index (κ2) is 33.9. The van der Waals surface area contributed by atoms with E-state index < -0.39 is 0 Å². The molecule has 575 valence electrons. The number of fused-ring (bicyclic) bond motifs is 12. The van der Waals surface area contributed by atoms with E-state index in [-0.39, 0.29) is 26.3 Å². The number of aryl methyl sites for hydroxylation is 1. The molecule has 11 heteroatoms. The van der Waals surface area contributed by atoms with Gasteiger partial charge in [-0.25, -0.2) is 5.10 Å². The molecular formula is C106H91IrN8P2-. The molecule has 8 nitrogen and oxygen atoms in total. The molecule has 0 saturated heterocycles. The van der Waals surface area contributed by atoms with Crippen LogP contribution in [-0.2, 0) is 20.1 Å². The number of pyridine rings is 1. The Kier molecular flexibility index (Phi) is 22.4. The van der Waals surface area contributed by atoms with E-state index in [0.717, 1.165) is 57.9 Å². The van der Waals surface area contributed by atoms with Gasteiger partial charge in [-0.3, -0.25) is 10.4 Å². The van der Waals surface area contributed by atoms with E-state index >= 15 is 0 Å². The normalized spacial score (nSPS) is 13.3. The van der Waals surface area contributed by atoms with Gasteiger partial charge in [0, 0.05) is 121 Å². The van der Waals surface area contributed by atoms with Gasteiger partial charge in [0.2, 0.25) is 0 Å². The molecule has 1 aliphatic heterocycles. The molecule has 0 saturated carbocycles. The number of anilines is 1. The quantitative estimate of drug-likeness (QED) is 0.0979. The molecule has 1 N–H and O–H groups in total. The summed E-state index contributed by atoms with van der Waals surface area (Å²) in [5, 5.41) is 15.0. The number of para-hydroxylation sites is 9. The van der Waals surface area contributed by atoms with E-state index in [2.05, 4.69) is 443 Å². The van der Waals surface area contributed by atoms with Crippen LogP contribution in [0.1, 0.15) is 80.8 Å². The van der Waals surface area contributed by atoms with Crippen LogP contribution in [-0.4, -0.2) is 42.4 Å². The molecule has 0 bridgehead atoms. The van der Waals surface area contributed by atoms with Gasteiger partial charge >= 0.3 is 0 Å². The van der Waals surface area contributed by atoms with Gasteiger partial charge in [0.05, 0.1) is 44.1 Å². The Morgan fingerprint density at radius 2 is 0.726 bits per heavy atom. The topological polar surface area (TPSA) is 60.2 Å². The molecule has 21 rings (SSSR count). The summed E-state index contributed by atoms with van der Waals surface area (Å²) in [6.45, 7) is 15.7. The van der Waals surface area contributed by atoms with Crippen molar-refractivity contribution in [2.75, 3.05) is 18.2 Å². The second-order valence-corrected chi connectivity index (χ2v) is 36.0. The number of rotatable bonds is 12. The van der Waals surface area contributed by atoms with E-state index in [1.165, 1.54) is 138 Å². The number of hydrazone groups is 1. The fourth-order valence-electron chi connectivity index (χ4n) is 17.2. The van der Waals surface area contributed by atoms with Crippen molar-refractivity contribution in [3.8, 4) is 56.1 Å². The van der Waals surface area contributed by atoms with Crippen LogP contribution >= 0.6 is 16.5 Å². The van der Waals surface area contributed by atoms with Crippen LogP contribution in [0.15, 0.2) is 375 Å². The number of benzene rings is 14. The van der Waals surface area contributed by atoms with E-state index in [1.807, 2.05) is 12.4 Å². The average molecular weight is 1730 g/mol. The van der Waals surface area contributed by atoms with Gasteiger partial charge in [-0.15, -0.1) is 15.0 Å². The van der Waals surface area contributed by atoms with Gasteiger partial charge in [0.1, 0.15) is 6.17 Å². The molecule has 117 heavy (non-hydrogen) atoms. The summed E-state index contributed by atoms with van der Waals surface area (Å²) in [6.07, 6.45) is 13.8. The number of nitrogens with one attached hydrogen (secondary N) is 1. The average Bonchev–Trinajstić information content (AvgIpc) is 1.59. The summed E-state index contributed by atoms with van der Waals surface area (Å²) in [7, 11) is 3.02. The number of hydrogen-bond donors (Lipinski definition) is 1. The maximum atomic E-state index is 4.86. The smallest absolute Gasteiger partial charge is 0.136 e. The molecule has 2 atom stereocenters. The van der Waals surface area contributed by atoms with Gasteiger partial charge in [0.15, 0.2) is 0 Å². The molecule has 1 aliphatic carbocycles. The Labute approximate surface area is 702 Å². The minimum Gasteiger partial charge on any atom is -0.352 e. The summed E-state index contributed by atoms with van der Waals surface area (Å²) in [5.74, 6) is 1.80. The van der Waals surface area contributed by atoms with Gasteiger partial charge in [0.25, 0.3) is 0 Å². The van der Waals surface area contributed by atoms with Crippen molar-refractivity contribution in [1.29, 1.82) is 0 Å². The van der Waals surface area contributed by atoms with Crippen LogP contribution in [0.3, 0.4) is 0 Å². The number of nitrogens with zero attached hydrogens (tertiary/aromatic N) is 7. The summed E-state index contributed by atoms with van der Waals surface area (Å²) in [5.41, 5.74) is 32.4. The van der Waals surface area contributed by atoms with Gasteiger partial charge in [-0.05, 0) is 192 Å². The Balaban J connectivity index is 0.000000125. The SMILES string of the molecule is CP(C)P.Cc1ccccc1C1NN=C(C2=[C-]CCC=C2)N1c1c(C(C)C)cccc1C(C)C.[Ir].c1cc(-c2cncc(-c3cccc(-n4c5ccccc5c5ccccc54)c3)c2)cc(-n2c3ccccc3c3ccccc32)c1.c1ccc(-n2c3ccccc3c3cc(-c4ccc5c(c4)c4ccccc4n5-c4ccccc4)ccc32)cc1. The van der Waals surface area contributed by atoms with Crippen molar-refractivity contribution in [2.45, 2.75) is 65.5 Å². The van der Waals surface area contributed by atoms with Gasteiger partial charge in [-0.1, -0.05) is 273 Å². The van der Waals surface area contributed by atoms with Crippen molar-refractivity contribution >= 4 is 115 Å². The molecule has 0 fully saturated rings. The number of allylic oxidation sites excluding steroid dienone is 2. The first-order chi connectivity index (χ1) is 56.9. The molecule has 0 amide bonds. The third kappa shape index (κ3) is 15.0. The Morgan fingerprint density at radius 3 is 1.13 bits per heavy atom. The predicted molar refractivity (Wildman–Crippen MR) is 500 cm³/mol. The van der Waals surface area contributed by atoms with Gasteiger partial charge in [-0.2, -0.15) is 17.7 Å². The molecule has 19 aromatic rings. The Morgan fingerprint density at radius 1 is 0.376 bits per heavy atom. The van der Waals surface area contributed by atoms with Crippen LogP contribution in [0.25, 0.3) is 143 Å². The first-order valence-electron chi connectivity index (χ1n) is 40.2. The summed E-state index contributed by atoms with van der Waals surface area (Å²) >= 11 is 0. The van der Waals surface area contributed by atoms with Crippen molar-refractivity contribution in [2.24, 2.45) is 5.10 Å². The zero-order valence-electron chi connectivity index (χ0n) is 66.8. The molecule has 0 spiro atoms. The third-order valence-corrected chi connectivity index (χ3v) is 22.5. The number of hydrogen-bond acceptors (Lipinski definition) is 4. The zero-order valence-corrected chi connectivity index (χ0v) is 71.2. The number of amidine groups is 1. The van der Waals surface area contributed by atoms with Crippen molar-refractivity contribution < 1.29 is 20.1 Å². The predicted octanol–water partition coefficient (Wildman–Crippen LogP) is 28.4. The van der Waals surface area contributed by atoms with Crippen molar-refractivity contribution in [3.05, 3.63) is 398 Å². The largest absolute Gasteiger partial charge is 0.352 e. The molecule has 6 heterocycles. The van der Waals surface area contributed by atoms with Crippen LogP contribution in [0.4, 0.5) is 5.69 Å². The zero-order chi connectivity index (χ0) is 78.9. The minimum absolute atomic E-state index is 0. The standard InChI is InChI=1S/C41H27N3.C36H24N2.C27H32N3.C2H8P2.Ir/c1-5-19-38-34(15-1)35-16-2-6-20-39(35)43(38)32-13-9-11-28(24-32)30-23-31(27-42-26-30)29-12-10-14-33(25-29)44-40-21-7-3-17-36(40)37-18-4-8-22-41(37)44;1-3-11-27(12-4-1)37-33-17-9-7-15-29(33)31-23-25(19-21-35(31)37)26-20-22-36-32(24-26)30-16-8-10-18-34(30)38(36)28-13-5-2-6-14-28;1-18(2)22-16-11-17-23(19(3)4)25(22)30-26(21-13-7-6-8-14-21)28-29-27(30)24-15-10-9-12-20(24)5;1-4(2)3;/h1-27H;1-24H;7,9-13,15-19,27,29H,6,8H2,1-5H3;3H2,1-2H3;/q;;-1;;. The maximum Gasteiger partial charge on any atom is 0.136 e. The van der Waals surface area contributed by atoms with E-state index in [0.29, 0.717) is 19.4 Å². The van der Waals surface area contributed by atoms with Crippen molar-refractivity contribution in [1.82, 2.24) is 28.7 Å². The Hall–Kier alpha value is -12.3. The van der Waals surface area contributed by atoms with Crippen LogP contribution in [0.5, 0.6) is 0 Å². The fourth-order valence-corrected chi connectivity index (χ4v) is 17.2.